The van der Waals surface area contributed by atoms with E-state index in [4.69, 9.17) is 11.0 Å². The molecular weight excluding hydrogens is 566 g/mol. The Labute approximate surface area is 254 Å². The number of primary amides is 1. The van der Waals surface area contributed by atoms with Crippen molar-refractivity contribution in [1.82, 2.24) is 10.2 Å². The summed E-state index contributed by atoms with van der Waals surface area (Å²) in [6, 6.07) is 9.85. The number of aromatic hydroxyl groups is 1. The fourth-order valence-corrected chi connectivity index (χ4v) is 6.93. The lowest BCUT2D eigenvalue weighted by atomic mass is 9.58. The van der Waals surface area contributed by atoms with Gasteiger partial charge in [0.1, 0.15) is 22.8 Å². The lowest BCUT2D eigenvalue weighted by Crippen LogP contribution is -2.63. The van der Waals surface area contributed by atoms with E-state index in [1.165, 1.54) is 4.90 Å². The van der Waals surface area contributed by atoms with E-state index in [0.29, 0.717) is 28.9 Å². The molecule has 0 unspecified atom stereocenters. The lowest BCUT2D eigenvalue weighted by molar-refractivity contribution is -0.148. The number of phenols is 1. The number of carbonyl (C=O) groups excluding carboxylic acids is 3. The van der Waals surface area contributed by atoms with Crippen molar-refractivity contribution in [2.75, 3.05) is 33.1 Å². The Morgan fingerprint density at radius 3 is 2.34 bits per heavy atom. The van der Waals surface area contributed by atoms with Crippen molar-refractivity contribution in [3.05, 3.63) is 80.8 Å². The number of allylic oxidation sites excluding steroid dienone is 1. The predicted molar refractivity (Wildman–Crippen MR) is 160 cm³/mol. The molecule has 0 spiro atoms. The Morgan fingerprint density at radius 1 is 1.11 bits per heavy atom. The van der Waals surface area contributed by atoms with Crippen molar-refractivity contribution in [3.8, 4) is 11.8 Å². The van der Waals surface area contributed by atoms with Gasteiger partial charge in [0.2, 0.25) is 5.78 Å². The van der Waals surface area contributed by atoms with Crippen molar-refractivity contribution >= 4 is 23.2 Å². The standard InChI is InChI=1S/C32H35N5O7/c1-36(2)21-11-18(14-35-13-16-7-5-15(12-33)6-8-16)26(38)23-19(21)9-17-10-20-25(37(3)4)28(40)24(31(34)43)30(42)32(20,44)29(41)22(17)27(23)39/h5-8,11,17,20,25,35,38,40-41,44H,9-10,13-14H2,1-4H3,(H2,34,43)/t17-,20-,25-,32-/m0/s1. The minimum Gasteiger partial charge on any atom is -0.510 e. The van der Waals surface area contributed by atoms with E-state index in [1.54, 1.807) is 32.3 Å². The maximum Gasteiger partial charge on any atom is 0.255 e. The third kappa shape index (κ3) is 4.61. The average molecular weight is 602 g/mol. The number of aliphatic hydroxyl groups excluding tert-OH is 2. The highest BCUT2D eigenvalue weighted by atomic mass is 16.3. The molecule has 3 aliphatic carbocycles. The highest BCUT2D eigenvalue weighted by molar-refractivity contribution is 6.25. The average Bonchev–Trinajstić information content (AvgIpc) is 2.96. The van der Waals surface area contributed by atoms with Gasteiger partial charge in [0.15, 0.2) is 11.4 Å². The van der Waals surface area contributed by atoms with Crippen molar-refractivity contribution in [1.29, 1.82) is 5.26 Å². The van der Waals surface area contributed by atoms with E-state index < -0.39 is 58.0 Å². The number of nitrogens with two attached hydrogens (primary N) is 1. The van der Waals surface area contributed by atoms with Crippen LogP contribution in [0.3, 0.4) is 0 Å². The van der Waals surface area contributed by atoms with Crippen LogP contribution in [0.15, 0.2) is 53.0 Å². The molecule has 0 fully saturated rings. The summed E-state index contributed by atoms with van der Waals surface area (Å²) in [4.78, 5) is 43.2. The van der Waals surface area contributed by atoms with Gasteiger partial charge in [-0.3, -0.25) is 19.3 Å². The zero-order valence-corrected chi connectivity index (χ0v) is 24.9. The van der Waals surface area contributed by atoms with Gasteiger partial charge in [-0.15, -0.1) is 0 Å². The van der Waals surface area contributed by atoms with E-state index in [9.17, 15) is 34.8 Å². The second kappa shape index (κ2) is 11.1. The van der Waals surface area contributed by atoms with Gasteiger partial charge in [-0.05, 0) is 62.2 Å². The van der Waals surface area contributed by atoms with Gasteiger partial charge in [-0.2, -0.15) is 5.26 Å². The largest absolute Gasteiger partial charge is 0.510 e. The maximum atomic E-state index is 14.2. The van der Waals surface area contributed by atoms with Gasteiger partial charge >= 0.3 is 0 Å². The topological polar surface area (TPSA) is 200 Å². The molecular formula is C32H35N5O7. The van der Waals surface area contributed by atoms with Crippen LogP contribution >= 0.6 is 0 Å². The van der Waals surface area contributed by atoms with Gasteiger partial charge < -0.3 is 36.4 Å². The van der Waals surface area contributed by atoms with E-state index in [2.05, 4.69) is 11.4 Å². The molecule has 4 atom stereocenters. The third-order valence-corrected chi connectivity index (χ3v) is 8.99. The number of amides is 1. The van der Waals surface area contributed by atoms with Crippen LogP contribution in [0, 0.1) is 23.2 Å². The fraction of sp³-hybridized carbons (Fsp3) is 0.375. The first kappa shape index (κ1) is 30.7. The van der Waals surface area contributed by atoms with Crippen molar-refractivity contribution in [2.45, 2.75) is 37.6 Å². The molecule has 0 radical (unpaired) electrons. The summed E-state index contributed by atoms with van der Waals surface area (Å²) < 4.78 is 0. The number of nitriles is 1. The zero-order valence-electron chi connectivity index (χ0n) is 24.9. The normalized spacial score (nSPS) is 24.5. The van der Waals surface area contributed by atoms with Crippen LogP contribution in [0.4, 0.5) is 5.69 Å². The number of hydrogen-bond donors (Lipinski definition) is 6. The fourth-order valence-electron chi connectivity index (χ4n) is 6.93. The number of ketones is 2. The molecule has 0 saturated heterocycles. The van der Waals surface area contributed by atoms with E-state index >= 15 is 0 Å². The van der Waals surface area contributed by atoms with Crippen LogP contribution in [0.5, 0.6) is 5.75 Å². The second-order valence-corrected chi connectivity index (χ2v) is 12.0. The van der Waals surface area contributed by atoms with Crippen molar-refractivity contribution in [3.63, 3.8) is 0 Å². The van der Waals surface area contributed by atoms with E-state index in [0.717, 1.165) is 5.56 Å². The van der Waals surface area contributed by atoms with Crippen LogP contribution in [-0.4, -0.2) is 82.6 Å². The summed E-state index contributed by atoms with van der Waals surface area (Å²) in [5, 5.41) is 57.9. The maximum absolute atomic E-state index is 14.2. The number of rotatable bonds is 7. The highest BCUT2D eigenvalue weighted by Crippen LogP contribution is 2.53. The van der Waals surface area contributed by atoms with Gasteiger partial charge in [0, 0.05) is 49.9 Å². The number of aliphatic hydroxyl groups is 3. The van der Waals surface area contributed by atoms with E-state index in [-0.39, 0.29) is 36.3 Å². The highest BCUT2D eigenvalue weighted by Gasteiger charge is 2.63. The summed E-state index contributed by atoms with van der Waals surface area (Å²) in [5.41, 5.74) is 4.75. The molecule has 2 aromatic carbocycles. The van der Waals surface area contributed by atoms with Crippen LogP contribution in [0.1, 0.15) is 39.0 Å². The van der Waals surface area contributed by atoms with Crippen molar-refractivity contribution in [2.24, 2.45) is 17.6 Å². The summed E-state index contributed by atoms with van der Waals surface area (Å²) in [6.45, 7) is 0.608. The van der Waals surface area contributed by atoms with E-state index in [1.807, 2.05) is 31.1 Å². The number of nitrogens with zero attached hydrogens (tertiary/aromatic N) is 3. The van der Waals surface area contributed by atoms with Crippen LogP contribution in [0.25, 0.3) is 0 Å². The molecule has 12 nitrogen and oxygen atoms in total. The SMILES string of the molecule is CN(C)c1cc(CNCc2ccc(C#N)cc2)c(O)c2c1C[C@H]1C[C@H]3[C@H](N(C)C)C(O)=C(C(N)=O)C(=O)[C@@]3(O)C(O)=C1C2=O. The Bertz CT molecular complexity index is 1690. The summed E-state index contributed by atoms with van der Waals surface area (Å²) in [6.07, 6.45) is 0.224. The third-order valence-electron chi connectivity index (χ3n) is 8.99. The first-order valence-electron chi connectivity index (χ1n) is 14.1. The second-order valence-electron chi connectivity index (χ2n) is 12.0. The molecule has 5 rings (SSSR count). The number of anilines is 1. The molecule has 0 bridgehead atoms. The Hall–Kier alpha value is -4.70. The molecule has 0 heterocycles. The molecule has 2 aromatic rings. The van der Waals surface area contributed by atoms with Gasteiger partial charge in [-0.25, -0.2) is 0 Å². The van der Waals surface area contributed by atoms with Crippen LogP contribution in [0.2, 0.25) is 0 Å². The van der Waals surface area contributed by atoms with Crippen molar-refractivity contribution < 1.29 is 34.8 Å². The monoisotopic (exact) mass is 601 g/mol. The number of hydrogen-bond acceptors (Lipinski definition) is 11. The number of fused-ring (bicyclic) bond motifs is 3. The van der Waals surface area contributed by atoms with Gasteiger partial charge in [-0.1, -0.05) is 12.1 Å². The predicted octanol–water partition coefficient (Wildman–Crippen LogP) is 1.35. The lowest BCUT2D eigenvalue weighted by Gasteiger charge is -2.50. The minimum atomic E-state index is -2.69. The molecule has 0 saturated carbocycles. The first-order valence-corrected chi connectivity index (χ1v) is 14.1. The first-order chi connectivity index (χ1) is 20.7. The Kier molecular flexibility index (Phi) is 7.75. The summed E-state index contributed by atoms with van der Waals surface area (Å²) in [5.74, 6) is -6.80. The van der Waals surface area contributed by atoms with Crippen LogP contribution in [-0.2, 0) is 29.1 Å². The van der Waals surface area contributed by atoms with Gasteiger partial charge in [0.05, 0.1) is 23.2 Å². The number of benzene rings is 2. The van der Waals surface area contributed by atoms with Crippen LogP contribution < -0.4 is 16.0 Å². The molecule has 44 heavy (non-hydrogen) atoms. The Balaban J connectivity index is 1.57. The number of nitrogens with one attached hydrogen (secondary N) is 1. The Morgan fingerprint density at radius 2 is 1.77 bits per heavy atom. The number of likely N-dealkylation sites (N-methyl/N-ethyl adjacent to an activating group) is 1. The van der Waals surface area contributed by atoms with Gasteiger partial charge in [0.25, 0.3) is 5.91 Å². The number of phenolic OH excluding ortho intramolecular Hbond substituents is 1. The smallest absolute Gasteiger partial charge is 0.255 e. The summed E-state index contributed by atoms with van der Waals surface area (Å²) >= 11 is 0. The molecule has 12 heteroatoms. The minimum absolute atomic E-state index is 0.0211. The molecule has 230 valence electrons. The molecule has 7 N–H and O–H groups in total. The summed E-state index contributed by atoms with van der Waals surface area (Å²) in [7, 11) is 6.80. The number of carbonyl (C=O) groups is 3. The number of Topliss-reactive ketones (excluding diaryl/α,β-unsaturated/α-hetero) is 2. The zero-order chi connectivity index (χ0) is 32.2. The molecule has 3 aliphatic rings. The quantitative estimate of drug-likeness (QED) is 0.250. The molecule has 1 amide bonds. The molecule has 0 aromatic heterocycles. The molecule has 0 aliphatic heterocycles.